The molecule has 1 aromatic rings. The topological polar surface area (TPSA) is 38.0 Å². The van der Waals surface area contributed by atoms with E-state index in [2.05, 4.69) is 23.7 Å². The summed E-state index contributed by atoms with van der Waals surface area (Å²) in [6.07, 6.45) is 7.48. The lowest BCUT2D eigenvalue weighted by molar-refractivity contribution is 0.283. The summed E-state index contributed by atoms with van der Waals surface area (Å²) < 4.78 is 0. The Morgan fingerprint density at radius 3 is 2.82 bits per heavy atom. The van der Waals surface area contributed by atoms with Crippen LogP contribution in [0.3, 0.4) is 0 Å². The van der Waals surface area contributed by atoms with E-state index in [9.17, 15) is 0 Å². The van der Waals surface area contributed by atoms with Crippen LogP contribution in [0.25, 0.3) is 0 Å². The molecule has 0 unspecified atom stereocenters. The summed E-state index contributed by atoms with van der Waals surface area (Å²) in [5.74, 6) is 0. The van der Waals surface area contributed by atoms with Crippen molar-refractivity contribution < 1.29 is 0 Å². The molecule has 0 saturated heterocycles. The summed E-state index contributed by atoms with van der Waals surface area (Å²) in [5.41, 5.74) is 7.95. The number of hydrogen-bond acceptors (Lipinski definition) is 3. The maximum Gasteiger partial charge on any atom is 0.0303 e. The van der Waals surface area contributed by atoms with E-state index < -0.39 is 0 Å². The fourth-order valence-electron chi connectivity index (χ4n) is 2.69. The van der Waals surface area contributed by atoms with E-state index in [0.29, 0.717) is 0 Å². The van der Waals surface area contributed by atoms with Gasteiger partial charge in [0.15, 0.2) is 0 Å². The van der Waals surface area contributed by atoms with Crippen molar-refractivity contribution in [2.45, 2.75) is 57.5 Å². The van der Waals surface area contributed by atoms with Gasteiger partial charge in [-0.25, -0.2) is 0 Å². The lowest BCUT2D eigenvalue weighted by Crippen LogP contribution is -2.49. The molecule has 3 N–H and O–H groups in total. The van der Waals surface area contributed by atoms with Gasteiger partial charge in [-0.2, -0.15) is 0 Å². The van der Waals surface area contributed by atoms with Gasteiger partial charge in [0.05, 0.1) is 0 Å². The Balaban J connectivity index is 1.79. The molecule has 0 spiro atoms. The molecule has 0 atom stereocenters. The van der Waals surface area contributed by atoms with Crippen molar-refractivity contribution in [3.8, 4) is 0 Å². The number of thiophene rings is 1. The monoisotopic (exact) mass is 252 g/mol. The number of nitrogens with two attached hydrogens (primary N) is 1. The van der Waals surface area contributed by atoms with Gasteiger partial charge in [-0.15, -0.1) is 11.3 Å². The predicted octanol–water partition coefficient (Wildman–Crippen LogP) is 3.06. The minimum Gasteiger partial charge on any atom is -0.324 e. The summed E-state index contributed by atoms with van der Waals surface area (Å²) >= 11 is 1.86. The Morgan fingerprint density at radius 1 is 1.35 bits per heavy atom. The van der Waals surface area contributed by atoms with E-state index in [1.807, 2.05) is 11.3 Å². The zero-order chi connectivity index (χ0) is 12.1. The van der Waals surface area contributed by atoms with Gasteiger partial charge in [0.1, 0.15) is 0 Å². The molecule has 0 aliphatic heterocycles. The van der Waals surface area contributed by atoms with Gasteiger partial charge in [0, 0.05) is 23.5 Å². The first-order valence-corrected chi connectivity index (χ1v) is 7.66. The van der Waals surface area contributed by atoms with Crippen molar-refractivity contribution in [1.82, 2.24) is 5.32 Å². The second-order valence-corrected chi connectivity index (χ2v) is 6.25. The van der Waals surface area contributed by atoms with E-state index in [0.717, 1.165) is 19.5 Å². The van der Waals surface area contributed by atoms with Crippen LogP contribution in [0.5, 0.6) is 0 Å². The Kier molecular flexibility index (Phi) is 4.60. The second kappa shape index (κ2) is 5.98. The van der Waals surface area contributed by atoms with Crippen molar-refractivity contribution in [3.63, 3.8) is 0 Å². The van der Waals surface area contributed by atoms with Gasteiger partial charge in [-0.3, -0.25) is 0 Å². The first-order chi connectivity index (χ1) is 8.23. The molecule has 17 heavy (non-hydrogen) atoms. The molecule has 1 fully saturated rings. The van der Waals surface area contributed by atoms with Gasteiger partial charge in [0.2, 0.25) is 0 Å². The van der Waals surface area contributed by atoms with E-state index in [1.165, 1.54) is 42.5 Å². The number of aryl methyl sites for hydroxylation is 1. The Bertz CT molecular complexity index is 340. The summed E-state index contributed by atoms with van der Waals surface area (Å²) in [7, 11) is 0. The smallest absolute Gasteiger partial charge is 0.0303 e. The maximum atomic E-state index is 6.41. The predicted molar refractivity (Wildman–Crippen MR) is 75.4 cm³/mol. The summed E-state index contributed by atoms with van der Waals surface area (Å²) in [5, 5.41) is 5.75. The quantitative estimate of drug-likeness (QED) is 0.845. The minimum absolute atomic E-state index is 0.0574. The van der Waals surface area contributed by atoms with Crippen LogP contribution in [0.15, 0.2) is 11.4 Å². The molecule has 0 radical (unpaired) electrons. The van der Waals surface area contributed by atoms with Crippen molar-refractivity contribution in [3.05, 3.63) is 21.9 Å². The molecule has 1 saturated carbocycles. The average molecular weight is 252 g/mol. The molecule has 3 heteroatoms. The minimum atomic E-state index is 0.0574. The lowest BCUT2D eigenvalue weighted by Gasteiger charge is -2.33. The highest BCUT2D eigenvalue weighted by atomic mass is 32.1. The van der Waals surface area contributed by atoms with Crippen LogP contribution in [-0.4, -0.2) is 12.1 Å². The highest BCUT2D eigenvalue weighted by Gasteiger charge is 2.26. The van der Waals surface area contributed by atoms with Gasteiger partial charge in [-0.1, -0.05) is 26.2 Å². The third kappa shape index (κ3) is 3.54. The highest BCUT2D eigenvalue weighted by molar-refractivity contribution is 7.10. The highest BCUT2D eigenvalue weighted by Crippen LogP contribution is 2.25. The van der Waals surface area contributed by atoms with Crippen LogP contribution >= 0.6 is 11.3 Å². The standard InChI is InChI=1S/C14H24N2S/c1-2-12-6-9-17-13(12)10-16-11-14(15)7-4-3-5-8-14/h6,9,16H,2-5,7-8,10-11,15H2,1H3. The molecular formula is C14H24N2S. The van der Waals surface area contributed by atoms with E-state index in [1.54, 1.807) is 0 Å². The molecule has 0 bridgehead atoms. The van der Waals surface area contributed by atoms with Crippen LogP contribution < -0.4 is 11.1 Å². The Morgan fingerprint density at radius 2 is 2.12 bits per heavy atom. The van der Waals surface area contributed by atoms with Crippen LogP contribution in [0.4, 0.5) is 0 Å². The normalized spacial score (nSPS) is 19.4. The second-order valence-electron chi connectivity index (χ2n) is 5.25. The lowest BCUT2D eigenvalue weighted by atomic mass is 9.82. The molecule has 1 aromatic heterocycles. The van der Waals surface area contributed by atoms with E-state index in [4.69, 9.17) is 5.73 Å². The van der Waals surface area contributed by atoms with Gasteiger partial charge in [0.25, 0.3) is 0 Å². The van der Waals surface area contributed by atoms with E-state index >= 15 is 0 Å². The van der Waals surface area contributed by atoms with Crippen molar-refractivity contribution in [1.29, 1.82) is 0 Å². The van der Waals surface area contributed by atoms with Crippen molar-refractivity contribution in [2.24, 2.45) is 5.73 Å². The molecule has 0 amide bonds. The molecule has 2 rings (SSSR count). The summed E-state index contributed by atoms with van der Waals surface area (Å²) in [4.78, 5) is 1.48. The molecule has 2 nitrogen and oxygen atoms in total. The largest absolute Gasteiger partial charge is 0.324 e. The van der Waals surface area contributed by atoms with Gasteiger partial charge < -0.3 is 11.1 Å². The molecular weight excluding hydrogens is 228 g/mol. The zero-order valence-corrected chi connectivity index (χ0v) is 11.6. The van der Waals surface area contributed by atoms with Gasteiger partial charge in [-0.05, 0) is 36.3 Å². The van der Waals surface area contributed by atoms with Crippen LogP contribution in [0.2, 0.25) is 0 Å². The zero-order valence-electron chi connectivity index (χ0n) is 10.8. The summed E-state index contributed by atoms with van der Waals surface area (Å²) in [6.45, 7) is 4.17. The summed E-state index contributed by atoms with van der Waals surface area (Å²) in [6, 6.07) is 2.24. The van der Waals surface area contributed by atoms with Crippen LogP contribution in [-0.2, 0) is 13.0 Å². The van der Waals surface area contributed by atoms with Crippen molar-refractivity contribution >= 4 is 11.3 Å². The fourth-order valence-corrected chi connectivity index (χ4v) is 3.64. The fraction of sp³-hybridized carbons (Fsp3) is 0.714. The first-order valence-electron chi connectivity index (χ1n) is 6.78. The van der Waals surface area contributed by atoms with Crippen LogP contribution in [0.1, 0.15) is 49.5 Å². The Labute approximate surface area is 109 Å². The Hall–Kier alpha value is -0.380. The van der Waals surface area contributed by atoms with E-state index in [-0.39, 0.29) is 5.54 Å². The van der Waals surface area contributed by atoms with Crippen molar-refractivity contribution in [2.75, 3.05) is 6.54 Å². The first kappa shape index (κ1) is 13.1. The maximum absolute atomic E-state index is 6.41. The molecule has 1 heterocycles. The number of nitrogens with one attached hydrogen (secondary N) is 1. The van der Waals surface area contributed by atoms with Gasteiger partial charge >= 0.3 is 0 Å². The molecule has 0 aromatic carbocycles. The SMILES string of the molecule is CCc1ccsc1CNCC1(N)CCCCC1. The number of rotatable bonds is 5. The molecule has 96 valence electrons. The number of hydrogen-bond donors (Lipinski definition) is 2. The molecule has 1 aliphatic rings. The van der Waals surface area contributed by atoms with Crippen LogP contribution in [0, 0.1) is 0 Å². The third-order valence-electron chi connectivity index (χ3n) is 3.83. The molecule has 1 aliphatic carbocycles. The third-order valence-corrected chi connectivity index (χ3v) is 4.79. The average Bonchev–Trinajstić information content (AvgIpc) is 2.77.